The third-order valence-corrected chi connectivity index (χ3v) is 4.92. The topological polar surface area (TPSA) is 98.2 Å². The second-order valence-corrected chi connectivity index (χ2v) is 6.90. The zero-order chi connectivity index (χ0) is 22.5. The van der Waals surface area contributed by atoms with Crippen LogP contribution >= 0.6 is 0 Å². The first-order valence-electron chi connectivity index (χ1n) is 9.68. The van der Waals surface area contributed by atoms with Crippen LogP contribution in [-0.2, 0) is 4.74 Å². The molecule has 0 spiro atoms. The van der Waals surface area contributed by atoms with Gasteiger partial charge in [-0.2, -0.15) is 5.26 Å². The van der Waals surface area contributed by atoms with Crippen molar-refractivity contribution in [3.8, 4) is 11.8 Å². The Balaban J connectivity index is 1.96. The second-order valence-electron chi connectivity index (χ2n) is 6.90. The summed E-state index contributed by atoms with van der Waals surface area (Å²) in [5.41, 5.74) is 5.12. The fourth-order valence-corrected chi connectivity index (χ4v) is 3.39. The van der Waals surface area contributed by atoms with E-state index in [1.54, 1.807) is 37.3 Å². The summed E-state index contributed by atoms with van der Waals surface area (Å²) in [5, 5.41) is 20.5. The summed E-state index contributed by atoms with van der Waals surface area (Å²) in [6.07, 6.45) is 1.77. The second kappa shape index (κ2) is 9.09. The van der Waals surface area contributed by atoms with Gasteiger partial charge < -0.3 is 9.30 Å². The number of aromatic nitrogens is 1. The van der Waals surface area contributed by atoms with Crippen LogP contribution in [0.3, 0.4) is 0 Å². The zero-order valence-corrected chi connectivity index (χ0v) is 17.5. The van der Waals surface area contributed by atoms with Crippen LogP contribution < -0.4 is 0 Å². The Kier molecular flexibility index (Phi) is 6.32. The quantitative estimate of drug-likeness (QED) is 0.237. The van der Waals surface area contributed by atoms with Crippen LogP contribution in [0, 0.1) is 35.3 Å². The number of nitrogens with zero attached hydrogens (tertiary/aromatic N) is 3. The molecule has 7 heteroatoms. The van der Waals surface area contributed by atoms with Crippen molar-refractivity contribution >= 4 is 23.3 Å². The summed E-state index contributed by atoms with van der Waals surface area (Å²) in [6, 6.07) is 17.2. The summed E-state index contributed by atoms with van der Waals surface area (Å²) >= 11 is 0. The lowest BCUT2D eigenvalue weighted by Gasteiger charge is -2.10. The molecule has 0 fully saturated rings. The van der Waals surface area contributed by atoms with Gasteiger partial charge in [0.1, 0.15) is 0 Å². The smallest absolute Gasteiger partial charge is 0.338 e. The van der Waals surface area contributed by atoms with E-state index in [0.717, 1.165) is 22.6 Å². The minimum absolute atomic E-state index is 0.0227. The van der Waals surface area contributed by atoms with Gasteiger partial charge in [-0.05, 0) is 80.4 Å². The lowest BCUT2D eigenvalue weighted by molar-refractivity contribution is -0.384. The van der Waals surface area contributed by atoms with Crippen molar-refractivity contribution in [1.29, 1.82) is 5.26 Å². The minimum atomic E-state index is -0.472. The molecule has 0 saturated carbocycles. The summed E-state index contributed by atoms with van der Waals surface area (Å²) < 4.78 is 7.06. The molecule has 0 aliphatic rings. The van der Waals surface area contributed by atoms with Crippen molar-refractivity contribution in [3.63, 3.8) is 0 Å². The van der Waals surface area contributed by atoms with Crippen LogP contribution in [0.15, 0.2) is 54.6 Å². The van der Waals surface area contributed by atoms with E-state index in [1.165, 1.54) is 12.1 Å². The molecule has 0 aliphatic carbocycles. The van der Waals surface area contributed by atoms with E-state index >= 15 is 0 Å². The van der Waals surface area contributed by atoms with Gasteiger partial charge in [-0.1, -0.05) is 0 Å². The molecule has 156 valence electrons. The van der Waals surface area contributed by atoms with E-state index in [4.69, 9.17) is 4.74 Å². The Morgan fingerprint density at radius 2 is 1.74 bits per heavy atom. The number of nitro groups is 1. The molecule has 0 N–H and O–H groups in total. The Bertz CT molecular complexity index is 1200. The number of ether oxygens (including phenoxy) is 1. The number of benzene rings is 2. The van der Waals surface area contributed by atoms with Gasteiger partial charge in [0.05, 0.1) is 28.7 Å². The number of non-ortho nitro benzene ring substituents is 1. The Morgan fingerprint density at radius 3 is 2.29 bits per heavy atom. The maximum absolute atomic E-state index is 11.9. The zero-order valence-electron chi connectivity index (χ0n) is 17.5. The van der Waals surface area contributed by atoms with E-state index in [2.05, 4.69) is 6.07 Å². The Morgan fingerprint density at radius 1 is 1.13 bits per heavy atom. The standard InChI is InChI=1S/C24H21N3O4/c1-4-31-24(28)19-7-9-22(10-8-19)26-16(2)13-20(17(26)3)14-21(15-25)18-5-11-23(12-6-18)27(29)30/h5-14H,4H2,1-3H3/b21-14-. The molecular formula is C24H21N3O4. The maximum atomic E-state index is 11.9. The van der Waals surface area contributed by atoms with Crippen LogP contribution in [0.5, 0.6) is 0 Å². The number of nitriles is 1. The van der Waals surface area contributed by atoms with Crippen LogP contribution in [-0.4, -0.2) is 22.1 Å². The van der Waals surface area contributed by atoms with E-state index in [-0.39, 0.29) is 11.7 Å². The summed E-state index contributed by atoms with van der Waals surface area (Å²) in [7, 11) is 0. The summed E-state index contributed by atoms with van der Waals surface area (Å²) in [6.45, 7) is 5.99. The minimum Gasteiger partial charge on any atom is -0.462 e. The SMILES string of the molecule is CCOC(=O)c1ccc(-n2c(C)cc(/C=C(/C#N)c3ccc([N+](=O)[O-])cc3)c2C)cc1. The van der Waals surface area contributed by atoms with E-state index in [0.29, 0.717) is 23.3 Å². The normalized spacial score (nSPS) is 11.1. The van der Waals surface area contributed by atoms with Crippen LogP contribution in [0.4, 0.5) is 5.69 Å². The molecule has 31 heavy (non-hydrogen) atoms. The van der Waals surface area contributed by atoms with Crippen molar-refractivity contribution in [2.75, 3.05) is 6.61 Å². The molecule has 0 atom stereocenters. The van der Waals surface area contributed by atoms with E-state index in [1.807, 2.05) is 36.6 Å². The first-order valence-corrected chi connectivity index (χ1v) is 9.68. The van der Waals surface area contributed by atoms with Crippen molar-refractivity contribution in [1.82, 2.24) is 4.57 Å². The largest absolute Gasteiger partial charge is 0.462 e. The number of esters is 1. The highest BCUT2D eigenvalue weighted by Gasteiger charge is 2.13. The lowest BCUT2D eigenvalue weighted by atomic mass is 10.0. The highest BCUT2D eigenvalue weighted by atomic mass is 16.6. The highest BCUT2D eigenvalue weighted by Crippen LogP contribution is 2.26. The van der Waals surface area contributed by atoms with Gasteiger partial charge in [0.2, 0.25) is 0 Å². The van der Waals surface area contributed by atoms with Gasteiger partial charge in [-0.3, -0.25) is 10.1 Å². The molecule has 1 heterocycles. The molecule has 0 unspecified atom stereocenters. The average Bonchev–Trinajstić information content (AvgIpc) is 3.05. The molecule has 1 aromatic heterocycles. The van der Waals surface area contributed by atoms with Crippen molar-refractivity contribution in [3.05, 3.63) is 92.8 Å². The van der Waals surface area contributed by atoms with Crippen molar-refractivity contribution < 1.29 is 14.5 Å². The number of nitro benzene ring substituents is 1. The fourth-order valence-electron chi connectivity index (χ4n) is 3.39. The van der Waals surface area contributed by atoms with Crippen LogP contribution in [0.25, 0.3) is 17.3 Å². The molecule has 2 aromatic carbocycles. The summed E-state index contributed by atoms with van der Waals surface area (Å²) in [4.78, 5) is 22.3. The molecule has 0 aliphatic heterocycles. The first kappa shape index (κ1) is 21.5. The first-order chi connectivity index (χ1) is 14.8. The maximum Gasteiger partial charge on any atom is 0.338 e. The van der Waals surface area contributed by atoms with Crippen molar-refractivity contribution in [2.24, 2.45) is 0 Å². The fraction of sp³-hybridized carbons (Fsp3) is 0.167. The molecule has 0 saturated heterocycles. The van der Waals surface area contributed by atoms with Gasteiger partial charge in [0, 0.05) is 29.2 Å². The number of rotatable bonds is 6. The Labute approximate surface area is 180 Å². The third-order valence-electron chi connectivity index (χ3n) is 4.92. The predicted molar refractivity (Wildman–Crippen MR) is 118 cm³/mol. The number of aryl methyl sites for hydroxylation is 1. The van der Waals surface area contributed by atoms with Gasteiger partial charge in [0.25, 0.3) is 5.69 Å². The number of hydrogen-bond acceptors (Lipinski definition) is 5. The van der Waals surface area contributed by atoms with E-state index in [9.17, 15) is 20.2 Å². The van der Waals surface area contributed by atoms with Crippen molar-refractivity contribution in [2.45, 2.75) is 20.8 Å². The third kappa shape index (κ3) is 4.54. The average molecular weight is 415 g/mol. The van der Waals surface area contributed by atoms with Crippen LogP contribution in [0.1, 0.15) is 39.8 Å². The predicted octanol–water partition coefficient (Wildman–Crippen LogP) is 5.24. The molecule has 0 amide bonds. The molecular weight excluding hydrogens is 394 g/mol. The lowest BCUT2D eigenvalue weighted by Crippen LogP contribution is -2.05. The number of carbonyl (C=O) groups is 1. The monoisotopic (exact) mass is 415 g/mol. The molecule has 7 nitrogen and oxygen atoms in total. The highest BCUT2D eigenvalue weighted by molar-refractivity contribution is 5.91. The molecule has 3 rings (SSSR count). The molecule has 0 radical (unpaired) electrons. The van der Waals surface area contributed by atoms with Gasteiger partial charge in [-0.15, -0.1) is 0 Å². The molecule has 0 bridgehead atoms. The Hall–Kier alpha value is -4.18. The van der Waals surface area contributed by atoms with Gasteiger partial charge in [0.15, 0.2) is 0 Å². The number of allylic oxidation sites excluding steroid dienone is 1. The summed E-state index contributed by atoms with van der Waals surface area (Å²) in [5.74, 6) is -0.361. The van der Waals surface area contributed by atoms with Gasteiger partial charge >= 0.3 is 5.97 Å². The molecule has 3 aromatic rings. The van der Waals surface area contributed by atoms with Crippen LogP contribution in [0.2, 0.25) is 0 Å². The van der Waals surface area contributed by atoms with E-state index < -0.39 is 4.92 Å². The van der Waals surface area contributed by atoms with Gasteiger partial charge in [-0.25, -0.2) is 4.79 Å². The number of carbonyl (C=O) groups excluding carboxylic acids is 1. The number of hydrogen-bond donors (Lipinski definition) is 0.